The summed E-state index contributed by atoms with van der Waals surface area (Å²) < 4.78 is 41.2. The Morgan fingerprint density at radius 3 is 2.56 bits per heavy atom. The Kier molecular flexibility index (Phi) is 13.3. The molecule has 2 aromatic rings. The summed E-state index contributed by atoms with van der Waals surface area (Å²) >= 11 is 0. The van der Waals surface area contributed by atoms with E-state index >= 15 is 0 Å². The molecule has 1 aromatic heterocycles. The molecule has 0 saturated carbocycles. The third kappa shape index (κ3) is 12.8. The molecule has 1 aromatic carbocycles. The molecule has 2 amide bonds. The Morgan fingerprint density at radius 1 is 1.14 bits per heavy atom. The number of amides is 2. The van der Waals surface area contributed by atoms with E-state index in [4.69, 9.17) is 5.11 Å². The van der Waals surface area contributed by atoms with Gasteiger partial charge in [-0.15, -0.1) is 13.2 Å². The molecule has 4 N–H and O–H groups in total. The number of ether oxygens (including phenoxy) is 1. The molecule has 2 rings (SSSR count). The maximum Gasteiger partial charge on any atom is 1.00 e. The number of aromatic nitrogens is 1. The summed E-state index contributed by atoms with van der Waals surface area (Å²) in [5.74, 6) is -2.10. The Morgan fingerprint density at radius 2 is 1.89 bits per heavy atom. The fraction of sp³-hybridized carbons (Fsp3) is 0.391. The van der Waals surface area contributed by atoms with Crippen molar-refractivity contribution in [2.45, 2.75) is 45.0 Å². The molecule has 1 unspecified atom stereocenters. The molecule has 0 aliphatic rings. The van der Waals surface area contributed by atoms with E-state index < -0.39 is 43.0 Å². The Bertz CT molecular complexity index is 1030. The van der Waals surface area contributed by atoms with Gasteiger partial charge in [0.25, 0.3) is 0 Å². The molecule has 0 radical (unpaired) electrons. The van der Waals surface area contributed by atoms with E-state index in [1.807, 2.05) is 19.1 Å². The summed E-state index contributed by atoms with van der Waals surface area (Å²) in [5.41, 5.74) is 1.19. The quantitative estimate of drug-likeness (QED) is 0.223. The Balaban J connectivity index is 0.00000648. The number of rotatable bonds is 13. The van der Waals surface area contributed by atoms with Crippen molar-refractivity contribution in [2.75, 3.05) is 18.4 Å². The molecule has 0 aliphatic heterocycles. The number of carbonyl (C=O) groups excluding carboxylic acids is 2. The van der Waals surface area contributed by atoms with Crippen molar-refractivity contribution in [3.05, 3.63) is 53.7 Å². The zero-order valence-electron chi connectivity index (χ0n) is 21.0. The number of hydrogen-bond donors (Lipinski definition) is 4. The molecule has 0 aliphatic carbocycles. The van der Waals surface area contributed by atoms with Crippen LogP contribution in [0, 0.1) is 6.92 Å². The van der Waals surface area contributed by atoms with Gasteiger partial charge in [0.1, 0.15) is 11.6 Å². The fourth-order valence-electron chi connectivity index (χ4n) is 3.13. The summed E-state index contributed by atoms with van der Waals surface area (Å²) in [6.45, 7) is 2.17. The summed E-state index contributed by atoms with van der Waals surface area (Å²) in [6.07, 6.45) is -2.33. The smallest absolute Gasteiger partial charge is 1.00 e. The van der Waals surface area contributed by atoms with Gasteiger partial charge in [0.15, 0.2) is 0 Å². The average molecular weight is 520 g/mol. The van der Waals surface area contributed by atoms with Gasteiger partial charge >= 0.3 is 41.9 Å². The second kappa shape index (κ2) is 15.3. The standard InChI is InChI=1S/C23H27F3N4O5.Na.H/c1-15-8-10-28-19(11-15)27-9-3-2-7-20(31)29-14-21(32)30-18(13-22(33)34)16-5-4-6-17(12-16)35-23(24,25)26;;/h4-6,8,10-12,18H,2-3,7,9,13-14H2,1H3,(H,27,28)(H,29,31)(H,30,32)(H,33,34);;/q;+1;-1. The second-order valence-corrected chi connectivity index (χ2v) is 7.72. The van der Waals surface area contributed by atoms with E-state index in [1.54, 1.807) is 6.20 Å². The largest absolute Gasteiger partial charge is 1.00 e. The molecule has 0 spiro atoms. The molecular formula is C23H28F3N4NaO5. The molecule has 1 atom stereocenters. The monoisotopic (exact) mass is 520 g/mol. The van der Waals surface area contributed by atoms with Gasteiger partial charge in [-0.1, -0.05) is 12.1 Å². The van der Waals surface area contributed by atoms with E-state index in [0.29, 0.717) is 19.4 Å². The topological polar surface area (TPSA) is 130 Å². The van der Waals surface area contributed by atoms with Crippen LogP contribution >= 0.6 is 0 Å². The van der Waals surface area contributed by atoms with Crippen molar-refractivity contribution >= 4 is 23.6 Å². The van der Waals surface area contributed by atoms with Crippen LogP contribution < -0.4 is 50.2 Å². The predicted octanol–water partition coefficient (Wildman–Crippen LogP) is 0.436. The van der Waals surface area contributed by atoms with Gasteiger partial charge < -0.3 is 27.2 Å². The van der Waals surface area contributed by atoms with Gasteiger partial charge in [0.05, 0.1) is 19.0 Å². The molecule has 192 valence electrons. The molecule has 1 heterocycles. The number of anilines is 1. The fourth-order valence-corrected chi connectivity index (χ4v) is 3.13. The number of alkyl halides is 3. The summed E-state index contributed by atoms with van der Waals surface area (Å²) in [6, 6.07) is 7.36. The van der Waals surface area contributed by atoms with Crippen LogP contribution in [0.25, 0.3) is 0 Å². The van der Waals surface area contributed by atoms with Crippen molar-refractivity contribution in [1.29, 1.82) is 0 Å². The number of unbranched alkanes of at least 4 members (excludes halogenated alkanes) is 1. The molecular weight excluding hydrogens is 492 g/mol. The number of pyridine rings is 1. The number of nitrogens with one attached hydrogen (secondary N) is 3. The zero-order valence-corrected chi connectivity index (χ0v) is 22.0. The van der Waals surface area contributed by atoms with E-state index in [9.17, 15) is 27.6 Å². The number of benzene rings is 1. The normalized spacial score (nSPS) is 11.6. The van der Waals surface area contributed by atoms with Crippen LogP contribution in [0.5, 0.6) is 5.75 Å². The SMILES string of the molecule is Cc1ccnc(NCCCCC(=O)NCC(=O)NC(CC(=O)O)c2cccc(OC(F)(F)F)c2)c1.[H-].[Na+]. The minimum Gasteiger partial charge on any atom is -1.00 e. The first-order valence-electron chi connectivity index (χ1n) is 10.8. The van der Waals surface area contributed by atoms with E-state index in [-0.39, 0.29) is 48.9 Å². The number of hydrogen-bond acceptors (Lipinski definition) is 6. The minimum atomic E-state index is -4.91. The summed E-state index contributed by atoms with van der Waals surface area (Å²) in [7, 11) is 0. The van der Waals surface area contributed by atoms with Gasteiger partial charge in [-0.2, -0.15) is 0 Å². The predicted molar refractivity (Wildman–Crippen MR) is 122 cm³/mol. The Labute approximate surface area is 230 Å². The van der Waals surface area contributed by atoms with Crippen molar-refractivity contribution in [2.24, 2.45) is 0 Å². The molecule has 0 bridgehead atoms. The van der Waals surface area contributed by atoms with Crippen LogP contribution in [-0.4, -0.2) is 47.3 Å². The minimum absolute atomic E-state index is 0. The number of nitrogens with zero attached hydrogens (tertiary/aromatic N) is 1. The zero-order chi connectivity index (χ0) is 25.8. The first-order chi connectivity index (χ1) is 16.5. The third-order valence-electron chi connectivity index (χ3n) is 4.71. The number of carbonyl (C=O) groups is 3. The van der Waals surface area contributed by atoms with Crippen LogP contribution in [0.15, 0.2) is 42.6 Å². The van der Waals surface area contributed by atoms with E-state index in [0.717, 1.165) is 23.5 Å². The molecule has 0 fully saturated rings. The number of aliphatic carboxylic acids is 1. The van der Waals surface area contributed by atoms with Gasteiger partial charge in [-0.3, -0.25) is 14.4 Å². The molecule has 36 heavy (non-hydrogen) atoms. The van der Waals surface area contributed by atoms with Gasteiger partial charge in [-0.25, -0.2) is 4.98 Å². The maximum atomic E-state index is 12.5. The van der Waals surface area contributed by atoms with Crippen molar-refractivity contribution < 1.29 is 68.4 Å². The van der Waals surface area contributed by atoms with Crippen molar-refractivity contribution in [3.8, 4) is 5.75 Å². The molecule has 0 saturated heterocycles. The van der Waals surface area contributed by atoms with Gasteiger partial charge in [-0.05, 0) is 55.2 Å². The number of carboxylic acid groups (broad SMARTS) is 1. The van der Waals surface area contributed by atoms with Crippen LogP contribution in [0.3, 0.4) is 0 Å². The maximum absolute atomic E-state index is 12.5. The first-order valence-corrected chi connectivity index (χ1v) is 10.8. The van der Waals surface area contributed by atoms with Crippen LogP contribution in [-0.2, 0) is 14.4 Å². The Hall–Kier alpha value is -2.83. The van der Waals surface area contributed by atoms with Crippen molar-refractivity contribution in [1.82, 2.24) is 15.6 Å². The van der Waals surface area contributed by atoms with Gasteiger partial charge in [0.2, 0.25) is 11.8 Å². The average Bonchev–Trinajstić information content (AvgIpc) is 2.76. The first kappa shape index (κ1) is 31.2. The molecule has 13 heteroatoms. The number of aryl methyl sites for hydroxylation is 1. The van der Waals surface area contributed by atoms with Crippen LogP contribution in [0.2, 0.25) is 0 Å². The van der Waals surface area contributed by atoms with E-state index in [1.165, 1.54) is 12.1 Å². The van der Waals surface area contributed by atoms with Crippen LogP contribution in [0.4, 0.5) is 19.0 Å². The van der Waals surface area contributed by atoms with E-state index in [2.05, 4.69) is 25.7 Å². The van der Waals surface area contributed by atoms with Crippen molar-refractivity contribution in [3.63, 3.8) is 0 Å². The second-order valence-electron chi connectivity index (χ2n) is 7.72. The number of halogens is 3. The number of carboxylic acids is 1. The van der Waals surface area contributed by atoms with Crippen LogP contribution in [0.1, 0.15) is 44.3 Å². The molecule has 9 nitrogen and oxygen atoms in total. The third-order valence-corrected chi connectivity index (χ3v) is 4.71. The summed E-state index contributed by atoms with van der Waals surface area (Å²) in [5, 5.41) is 17.1. The summed E-state index contributed by atoms with van der Waals surface area (Å²) in [4.78, 5) is 39.6. The van der Waals surface area contributed by atoms with Gasteiger partial charge in [0, 0.05) is 19.2 Å².